The molecule has 0 aliphatic rings. The Bertz CT molecular complexity index is 368. The Morgan fingerprint density at radius 2 is 2.23 bits per heavy atom. The number of carbonyl (C=O) groups is 1. The first-order valence-electron chi connectivity index (χ1n) is 4.07. The number of ketones is 1. The third-order valence-electron chi connectivity index (χ3n) is 1.72. The van der Waals surface area contributed by atoms with Crippen LogP contribution in [0.1, 0.15) is 23.0 Å². The van der Waals surface area contributed by atoms with E-state index in [9.17, 15) is 9.59 Å². The normalized spacial score (nSPS) is 10.0. The third-order valence-corrected chi connectivity index (χ3v) is 1.72. The van der Waals surface area contributed by atoms with Crippen molar-refractivity contribution in [3.05, 3.63) is 33.7 Å². The summed E-state index contributed by atoms with van der Waals surface area (Å²) >= 11 is 0. The van der Waals surface area contributed by atoms with E-state index < -0.39 is 0 Å². The average Bonchev–Trinajstić information content (AvgIpc) is 2.03. The minimum Gasteiger partial charge on any atom is -0.330 e. The summed E-state index contributed by atoms with van der Waals surface area (Å²) in [6.45, 7) is 1.89. The molecule has 70 valence electrons. The Morgan fingerprint density at radius 3 is 2.77 bits per heavy atom. The predicted molar refractivity (Wildman–Crippen MR) is 49.8 cm³/mol. The van der Waals surface area contributed by atoms with Gasteiger partial charge in [0.2, 0.25) is 5.56 Å². The lowest BCUT2D eigenvalue weighted by Crippen LogP contribution is -2.14. The molecule has 3 N–H and O–H groups in total. The van der Waals surface area contributed by atoms with Crippen molar-refractivity contribution in [1.29, 1.82) is 0 Å². The molecule has 0 saturated heterocycles. The molecule has 4 heteroatoms. The summed E-state index contributed by atoms with van der Waals surface area (Å²) in [4.78, 5) is 24.6. The summed E-state index contributed by atoms with van der Waals surface area (Å²) < 4.78 is 0. The summed E-state index contributed by atoms with van der Waals surface area (Å²) in [5, 5.41) is 0. The standard InChI is InChI=1S/C9H12N2O2/c1-6(12)7-4-8(2-3-10)11-9(13)5-7/h4-5H,2-3,10H2,1H3,(H,11,13). The van der Waals surface area contributed by atoms with Crippen molar-refractivity contribution in [1.82, 2.24) is 4.98 Å². The molecule has 0 fully saturated rings. The molecule has 1 aromatic heterocycles. The van der Waals surface area contributed by atoms with E-state index in [-0.39, 0.29) is 11.3 Å². The molecule has 0 amide bonds. The molecule has 1 heterocycles. The predicted octanol–water partition coefficient (Wildman–Crippen LogP) is 0.0787. The summed E-state index contributed by atoms with van der Waals surface area (Å²) in [5.74, 6) is -0.107. The molecule has 0 saturated carbocycles. The van der Waals surface area contributed by atoms with E-state index in [4.69, 9.17) is 5.73 Å². The highest BCUT2D eigenvalue weighted by molar-refractivity contribution is 5.93. The smallest absolute Gasteiger partial charge is 0.248 e. The maximum Gasteiger partial charge on any atom is 0.248 e. The molecular formula is C9H12N2O2. The van der Waals surface area contributed by atoms with Gasteiger partial charge < -0.3 is 10.7 Å². The molecule has 1 aromatic rings. The molecule has 4 nitrogen and oxygen atoms in total. The van der Waals surface area contributed by atoms with E-state index in [0.717, 1.165) is 0 Å². The van der Waals surface area contributed by atoms with Crippen molar-refractivity contribution in [3.63, 3.8) is 0 Å². The molecule has 0 bridgehead atoms. The summed E-state index contributed by atoms with van der Waals surface area (Å²) in [6.07, 6.45) is 0.580. The summed E-state index contributed by atoms with van der Waals surface area (Å²) in [5.41, 5.74) is 6.22. The number of rotatable bonds is 3. The van der Waals surface area contributed by atoms with Gasteiger partial charge >= 0.3 is 0 Å². The molecule has 0 aliphatic carbocycles. The fourth-order valence-corrected chi connectivity index (χ4v) is 1.09. The minimum absolute atomic E-state index is 0.107. The number of H-pyrrole nitrogens is 1. The molecule has 0 atom stereocenters. The second kappa shape index (κ2) is 4.00. The van der Waals surface area contributed by atoms with Gasteiger partial charge in [-0.15, -0.1) is 0 Å². The highest BCUT2D eigenvalue weighted by atomic mass is 16.1. The molecular weight excluding hydrogens is 168 g/mol. The lowest BCUT2D eigenvalue weighted by Gasteiger charge is -2.00. The maximum atomic E-state index is 11.0. The number of nitrogens with two attached hydrogens (primary N) is 1. The number of nitrogens with one attached hydrogen (secondary N) is 1. The second-order valence-electron chi connectivity index (χ2n) is 2.85. The van der Waals surface area contributed by atoms with Gasteiger partial charge in [-0.3, -0.25) is 9.59 Å². The van der Waals surface area contributed by atoms with Crippen molar-refractivity contribution in [2.75, 3.05) is 6.54 Å². The van der Waals surface area contributed by atoms with Gasteiger partial charge in [-0.1, -0.05) is 0 Å². The van der Waals surface area contributed by atoms with Crippen LogP contribution in [0.4, 0.5) is 0 Å². The van der Waals surface area contributed by atoms with Crippen molar-refractivity contribution < 1.29 is 4.79 Å². The number of carbonyl (C=O) groups excluding carboxylic acids is 1. The maximum absolute atomic E-state index is 11.0. The van der Waals surface area contributed by atoms with E-state index in [1.165, 1.54) is 13.0 Å². The van der Waals surface area contributed by atoms with Crippen LogP contribution in [0.2, 0.25) is 0 Å². The molecule has 0 unspecified atom stereocenters. The van der Waals surface area contributed by atoms with Crippen LogP contribution in [0.3, 0.4) is 0 Å². The zero-order valence-electron chi connectivity index (χ0n) is 7.46. The topological polar surface area (TPSA) is 76.0 Å². The van der Waals surface area contributed by atoms with Gasteiger partial charge in [-0.25, -0.2) is 0 Å². The molecule has 0 aromatic carbocycles. The average molecular weight is 180 g/mol. The molecule has 0 spiro atoms. The van der Waals surface area contributed by atoms with Gasteiger partial charge in [-0.2, -0.15) is 0 Å². The van der Waals surface area contributed by atoms with Gasteiger partial charge in [0.05, 0.1) is 0 Å². The van der Waals surface area contributed by atoms with Crippen LogP contribution >= 0.6 is 0 Å². The Labute approximate surface area is 75.8 Å². The van der Waals surface area contributed by atoms with E-state index in [1.807, 2.05) is 0 Å². The molecule has 0 radical (unpaired) electrons. The Balaban J connectivity index is 3.11. The fraction of sp³-hybridized carbons (Fsp3) is 0.333. The first-order chi connectivity index (χ1) is 6.13. The van der Waals surface area contributed by atoms with Crippen LogP contribution in [0.15, 0.2) is 16.9 Å². The molecule has 0 aliphatic heterocycles. The number of aromatic amines is 1. The van der Waals surface area contributed by atoms with Gasteiger partial charge in [0.1, 0.15) is 0 Å². The first kappa shape index (κ1) is 9.67. The van der Waals surface area contributed by atoms with E-state index >= 15 is 0 Å². The minimum atomic E-state index is -0.254. The number of pyridine rings is 1. The summed E-state index contributed by atoms with van der Waals surface area (Å²) in [7, 11) is 0. The van der Waals surface area contributed by atoms with Crippen LogP contribution < -0.4 is 11.3 Å². The van der Waals surface area contributed by atoms with Crippen molar-refractivity contribution >= 4 is 5.78 Å². The van der Waals surface area contributed by atoms with Crippen molar-refractivity contribution in [3.8, 4) is 0 Å². The quantitative estimate of drug-likeness (QED) is 0.647. The van der Waals surface area contributed by atoms with Gasteiger partial charge in [0.25, 0.3) is 0 Å². The van der Waals surface area contributed by atoms with Gasteiger partial charge in [-0.05, 0) is 26.0 Å². The summed E-state index contributed by atoms with van der Waals surface area (Å²) in [6, 6.07) is 2.96. The largest absolute Gasteiger partial charge is 0.330 e. The zero-order chi connectivity index (χ0) is 9.84. The number of aromatic nitrogens is 1. The second-order valence-corrected chi connectivity index (χ2v) is 2.85. The highest BCUT2D eigenvalue weighted by Crippen LogP contribution is 1.99. The monoisotopic (exact) mass is 180 g/mol. The van der Waals surface area contributed by atoms with Gasteiger partial charge in [0, 0.05) is 17.3 Å². The van der Waals surface area contributed by atoms with Crippen LogP contribution in [0, 0.1) is 0 Å². The van der Waals surface area contributed by atoms with Crippen LogP contribution in [0.25, 0.3) is 0 Å². The van der Waals surface area contributed by atoms with Crippen LogP contribution in [-0.2, 0) is 6.42 Å². The third kappa shape index (κ3) is 2.52. The van der Waals surface area contributed by atoms with Crippen LogP contribution in [0.5, 0.6) is 0 Å². The fourth-order valence-electron chi connectivity index (χ4n) is 1.09. The molecule has 1 rings (SSSR count). The SMILES string of the molecule is CC(=O)c1cc(CCN)[nH]c(=O)c1. The lowest BCUT2D eigenvalue weighted by atomic mass is 10.1. The zero-order valence-corrected chi connectivity index (χ0v) is 7.46. The molecule has 13 heavy (non-hydrogen) atoms. The highest BCUT2D eigenvalue weighted by Gasteiger charge is 2.02. The Morgan fingerprint density at radius 1 is 1.54 bits per heavy atom. The Hall–Kier alpha value is -1.42. The van der Waals surface area contributed by atoms with Crippen molar-refractivity contribution in [2.45, 2.75) is 13.3 Å². The van der Waals surface area contributed by atoms with E-state index in [1.54, 1.807) is 6.07 Å². The number of Topliss-reactive ketones (excluding diaryl/α,β-unsaturated/α-hetero) is 1. The lowest BCUT2D eigenvalue weighted by molar-refractivity contribution is 0.101. The Kier molecular flexibility index (Phi) is 2.97. The van der Waals surface area contributed by atoms with Crippen molar-refractivity contribution in [2.24, 2.45) is 5.73 Å². The van der Waals surface area contributed by atoms with E-state index in [2.05, 4.69) is 4.98 Å². The van der Waals surface area contributed by atoms with E-state index in [0.29, 0.717) is 24.2 Å². The van der Waals surface area contributed by atoms with Crippen LogP contribution in [-0.4, -0.2) is 17.3 Å². The van der Waals surface area contributed by atoms with Gasteiger partial charge in [0.15, 0.2) is 5.78 Å². The number of hydrogen-bond acceptors (Lipinski definition) is 3. The first-order valence-corrected chi connectivity index (χ1v) is 4.07. The number of hydrogen-bond donors (Lipinski definition) is 2.